The largest absolute Gasteiger partial charge is 0.388 e. The maximum absolute atomic E-state index is 10.3. The number of hydrogen-bond acceptors (Lipinski definition) is 7. The third-order valence-electron chi connectivity index (χ3n) is 5.57. The molecule has 1 aliphatic heterocycles. The number of hydrogen-bond donors (Lipinski definition) is 2. The van der Waals surface area contributed by atoms with Gasteiger partial charge >= 0.3 is 0 Å². The molecule has 1 saturated heterocycles. The summed E-state index contributed by atoms with van der Waals surface area (Å²) in [7, 11) is 5.43. The van der Waals surface area contributed by atoms with E-state index in [1.807, 2.05) is 6.08 Å². The van der Waals surface area contributed by atoms with E-state index in [9.17, 15) is 9.59 Å². The van der Waals surface area contributed by atoms with E-state index in [4.69, 9.17) is 4.74 Å². The summed E-state index contributed by atoms with van der Waals surface area (Å²) >= 11 is 0. The number of carbonyl (C=O) groups excluding carboxylic acids is 2. The van der Waals surface area contributed by atoms with Crippen molar-refractivity contribution in [2.45, 2.75) is 50.9 Å². The fourth-order valence-corrected chi connectivity index (χ4v) is 3.57. The fourth-order valence-electron chi connectivity index (χ4n) is 3.57. The Morgan fingerprint density at radius 3 is 2.58 bits per heavy atom. The highest BCUT2D eigenvalue weighted by atomic mass is 16.5. The van der Waals surface area contributed by atoms with E-state index in [1.54, 1.807) is 14.2 Å². The molecular weight excluding hydrogens is 422 g/mol. The van der Waals surface area contributed by atoms with E-state index >= 15 is 0 Å². The number of methoxy groups -OCH3 is 1. The minimum atomic E-state index is -0.205. The van der Waals surface area contributed by atoms with Crippen LogP contribution < -0.4 is 10.6 Å². The molecular formula is C24H41N5O4. The number of aliphatic imine (C=N–C) groups is 1. The van der Waals surface area contributed by atoms with E-state index in [1.165, 1.54) is 18.4 Å². The Morgan fingerprint density at radius 2 is 2.12 bits per heavy atom. The van der Waals surface area contributed by atoms with Gasteiger partial charge in [0.1, 0.15) is 18.2 Å². The average molecular weight is 464 g/mol. The molecule has 2 fully saturated rings. The second-order valence-corrected chi connectivity index (χ2v) is 8.03. The summed E-state index contributed by atoms with van der Waals surface area (Å²) < 4.78 is 11.4. The topological polar surface area (TPSA) is 97.2 Å². The van der Waals surface area contributed by atoms with Crippen molar-refractivity contribution in [1.82, 2.24) is 20.1 Å². The fraction of sp³-hybridized carbons (Fsp3) is 0.625. The molecule has 2 atom stereocenters. The van der Waals surface area contributed by atoms with E-state index in [0.717, 1.165) is 43.6 Å². The van der Waals surface area contributed by atoms with Crippen LogP contribution >= 0.6 is 0 Å². The van der Waals surface area contributed by atoms with Gasteiger partial charge in [-0.2, -0.15) is 0 Å². The van der Waals surface area contributed by atoms with Crippen LogP contribution in [-0.4, -0.2) is 88.5 Å². The van der Waals surface area contributed by atoms with E-state index in [-0.39, 0.29) is 6.10 Å². The zero-order chi connectivity index (χ0) is 24.6. The Kier molecular flexibility index (Phi) is 14.2. The second-order valence-electron chi connectivity index (χ2n) is 8.03. The molecule has 1 aromatic heterocycles. The summed E-state index contributed by atoms with van der Waals surface area (Å²) in [4.78, 5) is 26.9. The smallest absolute Gasteiger partial charge is 0.207 e. The minimum Gasteiger partial charge on any atom is -0.388 e. The molecule has 0 radical (unpaired) electrons. The van der Waals surface area contributed by atoms with Crippen LogP contribution in [0, 0.1) is 0 Å². The Hall–Kier alpha value is -2.33. The van der Waals surface area contributed by atoms with Crippen LogP contribution in [0.1, 0.15) is 43.4 Å². The molecule has 2 aliphatic rings. The van der Waals surface area contributed by atoms with Crippen LogP contribution in [0.3, 0.4) is 0 Å². The lowest BCUT2D eigenvalue weighted by molar-refractivity contribution is -0.119. The molecule has 9 nitrogen and oxygen atoms in total. The first-order valence-corrected chi connectivity index (χ1v) is 11.4. The summed E-state index contributed by atoms with van der Waals surface area (Å²) in [6.07, 6.45) is 8.82. The molecule has 9 heteroatoms. The zero-order valence-corrected chi connectivity index (χ0v) is 20.6. The molecule has 1 saturated carbocycles. The molecule has 1 aromatic rings. The summed E-state index contributed by atoms with van der Waals surface area (Å²) in [5.74, 6) is 0.868. The third kappa shape index (κ3) is 9.59. The number of aryl methyl sites for hydroxylation is 1. The Labute approximate surface area is 198 Å². The third-order valence-corrected chi connectivity index (χ3v) is 5.57. The van der Waals surface area contributed by atoms with Crippen LogP contribution in [0.4, 0.5) is 5.82 Å². The number of nitrogens with zero attached hydrogens (tertiary/aromatic N) is 3. The average Bonchev–Trinajstić information content (AvgIpc) is 3.63. The maximum Gasteiger partial charge on any atom is 0.207 e. The normalized spacial score (nSPS) is 18.2. The van der Waals surface area contributed by atoms with E-state index in [2.05, 4.69) is 63.3 Å². The van der Waals surface area contributed by atoms with Crippen LogP contribution in [0.2, 0.25) is 0 Å². The molecule has 33 heavy (non-hydrogen) atoms. The van der Waals surface area contributed by atoms with E-state index in [0.29, 0.717) is 31.8 Å². The number of amides is 1. The first-order chi connectivity index (χ1) is 16.0. The van der Waals surface area contributed by atoms with Gasteiger partial charge in [0.05, 0.1) is 6.61 Å². The summed E-state index contributed by atoms with van der Waals surface area (Å²) in [5, 5.41) is 5.72. The molecule has 1 amide bonds. The molecule has 2 unspecified atom stereocenters. The summed E-state index contributed by atoms with van der Waals surface area (Å²) in [6.45, 7) is 13.5. The molecule has 2 heterocycles. The number of carbonyl (C=O) groups is 2. The van der Waals surface area contributed by atoms with Crippen molar-refractivity contribution in [3.05, 3.63) is 23.9 Å². The Balaban J connectivity index is 0.000000409. The number of aldehydes is 1. The van der Waals surface area contributed by atoms with Gasteiger partial charge in [-0.05, 0) is 45.5 Å². The van der Waals surface area contributed by atoms with E-state index < -0.39 is 0 Å². The minimum absolute atomic E-state index is 0.205. The first-order valence-electron chi connectivity index (χ1n) is 11.4. The lowest BCUT2D eigenvalue weighted by Crippen LogP contribution is -2.39. The highest BCUT2D eigenvalue weighted by Gasteiger charge is 2.31. The van der Waals surface area contributed by atoms with Crippen molar-refractivity contribution >= 4 is 31.3 Å². The lowest BCUT2D eigenvalue weighted by Gasteiger charge is -2.24. The van der Waals surface area contributed by atoms with Gasteiger partial charge in [0.15, 0.2) is 0 Å². The Bertz CT molecular complexity index is 727. The summed E-state index contributed by atoms with van der Waals surface area (Å²) in [5.41, 5.74) is 2.31. The predicted molar refractivity (Wildman–Crippen MR) is 133 cm³/mol. The van der Waals surface area contributed by atoms with Crippen molar-refractivity contribution in [1.29, 1.82) is 0 Å². The van der Waals surface area contributed by atoms with Crippen LogP contribution in [-0.2, 0) is 25.6 Å². The van der Waals surface area contributed by atoms with Crippen molar-refractivity contribution in [2.24, 2.45) is 4.99 Å². The van der Waals surface area contributed by atoms with Crippen LogP contribution in [0.15, 0.2) is 17.8 Å². The standard InChI is InChI=1S/C17H26N4O.C5H9NO2.C2H6O/c1-5-15-16(13(2)20(4)14-7-8-14)11-21(17(15)18-3)10-6-9-19-12-22;7-4-5-3-6-1-2-8-5;1-3-2/h5,11-14H,1,3,6-10H2,2,4H3,(H,19,22);4-6H,1-3H2;1-2H3. The molecule has 186 valence electrons. The predicted octanol–water partition coefficient (Wildman–Crippen LogP) is 2.19. The van der Waals surface area contributed by atoms with Crippen molar-refractivity contribution in [3.63, 3.8) is 0 Å². The highest BCUT2D eigenvalue weighted by molar-refractivity contribution is 5.67. The molecule has 0 aromatic carbocycles. The van der Waals surface area contributed by atoms with Gasteiger partial charge in [-0.3, -0.25) is 9.69 Å². The van der Waals surface area contributed by atoms with Gasteiger partial charge < -0.3 is 29.5 Å². The van der Waals surface area contributed by atoms with Crippen LogP contribution in [0.5, 0.6) is 0 Å². The van der Waals surface area contributed by atoms with Gasteiger partial charge in [0, 0.05) is 64.2 Å². The molecule has 0 bridgehead atoms. The van der Waals surface area contributed by atoms with Gasteiger partial charge in [-0.1, -0.05) is 12.7 Å². The number of ether oxygens (including phenoxy) is 2. The number of rotatable bonds is 11. The van der Waals surface area contributed by atoms with Gasteiger partial charge in [-0.25, -0.2) is 4.99 Å². The molecule has 1 aliphatic carbocycles. The highest BCUT2D eigenvalue weighted by Crippen LogP contribution is 2.37. The van der Waals surface area contributed by atoms with Crippen molar-refractivity contribution < 1.29 is 19.1 Å². The van der Waals surface area contributed by atoms with Gasteiger partial charge in [0.2, 0.25) is 6.41 Å². The Morgan fingerprint density at radius 1 is 1.42 bits per heavy atom. The summed E-state index contributed by atoms with van der Waals surface area (Å²) in [6, 6.07) is 1.03. The zero-order valence-electron chi connectivity index (χ0n) is 20.6. The van der Waals surface area contributed by atoms with Gasteiger partial charge in [0.25, 0.3) is 0 Å². The van der Waals surface area contributed by atoms with Crippen molar-refractivity contribution in [2.75, 3.05) is 47.5 Å². The first kappa shape index (κ1) is 28.7. The van der Waals surface area contributed by atoms with Crippen LogP contribution in [0.25, 0.3) is 6.08 Å². The molecule has 2 N–H and O–H groups in total. The quantitative estimate of drug-likeness (QED) is 0.297. The van der Waals surface area contributed by atoms with Crippen molar-refractivity contribution in [3.8, 4) is 0 Å². The lowest BCUT2D eigenvalue weighted by atomic mass is 10.1. The maximum atomic E-state index is 10.3. The van der Waals surface area contributed by atoms with Gasteiger partial charge in [-0.15, -0.1) is 0 Å². The number of aromatic nitrogens is 1. The second kappa shape index (κ2) is 16.3. The number of nitrogens with one attached hydrogen (secondary N) is 2. The monoisotopic (exact) mass is 463 g/mol. The molecule has 3 rings (SSSR count). The SMILES string of the molecule is C=Cc1c(C(C)N(C)C2CC2)cn(CCCNC=O)c1N=C.COC.O=CC1CNCCO1. The molecule has 0 spiro atoms. The number of morpholine rings is 1.